The normalized spacial score (nSPS) is 16.6. The first-order chi connectivity index (χ1) is 17.6. The molecule has 1 heterocycles. The van der Waals surface area contributed by atoms with Crippen molar-refractivity contribution in [3.8, 4) is 16.9 Å². The molecule has 182 valence electrons. The van der Waals surface area contributed by atoms with Gasteiger partial charge in [0.1, 0.15) is 17.7 Å². The zero-order valence-electron chi connectivity index (χ0n) is 20.5. The van der Waals surface area contributed by atoms with Gasteiger partial charge in [-0.2, -0.15) is 0 Å². The molecule has 2 aliphatic carbocycles. The molecule has 1 aromatic heterocycles. The van der Waals surface area contributed by atoms with Crippen molar-refractivity contribution in [2.75, 3.05) is 12.3 Å². The van der Waals surface area contributed by atoms with Crippen LogP contribution >= 0.6 is 0 Å². The minimum atomic E-state index is -0.233. The minimum absolute atomic E-state index is 0.0532. The van der Waals surface area contributed by atoms with Crippen LogP contribution in [0.2, 0.25) is 0 Å². The first-order valence-electron chi connectivity index (χ1n) is 12.8. The Balaban J connectivity index is 1.40. The predicted molar refractivity (Wildman–Crippen MR) is 142 cm³/mol. The maximum absolute atomic E-state index is 12.2. The van der Waals surface area contributed by atoms with Gasteiger partial charge in [-0.1, -0.05) is 42.5 Å². The first kappa shape index (κ1) is 22.6. The lowest BCUT2D eigenvalue weighted by molar-refractivity contribution is -0.142. The number of nitrogens with two attached hydrogens (primary N) is 1. The molecular formula is C31H30N2O3. The quantitative estimate of drug-likeness (QED) is 0.306. The number of benzene rings is 3. The third-order valence-electron chi connectivity index (χ3n) is 7.37. The van der Waals surface area contributed by atoms with Crippen molar-refractivity contribution in [1.82, 2.24) is 4.98 Å². The number of pyridine rings is 1. The summed E-state index contributed by atoms with van der Waals surface area (Å²) in [6, 6.07) is 20.8. The summed E-state index contributed by atoms with van der Waals surface area (Å²) in [7, 11) is 0. The molecule has 0 bridgehead atoms. The number of fused-ring (bicyclic) bond motifs is 2. The molecule has 6 rings (SSSR count). The van der Waals surface area contributed by atoms with Crippen LogP contribution in [-0.2, 0) is 22.4 Å². The average Bonchev–Trinajstić information content (AvgIpc) is 3.66. The standard InChI is InChI=1S/C31H30N2O3/c1-2-35-30(34)18-20-6-3-4-9-28(20)36-29-13-12-23-26(19-10-11-19)16-21(17-27(23)29)22-7-5-8-25-24(22)14-15-33-31(25)32/h3-9,14-17,19,29H,2,10-13,18H2,1H3,(H2,32,33). The molecule has 1 fully saturated rings. The zero-order valence-corrected chi connectivity index (χ0v) is 20.5. The van der Waals surface area contributed by atoms with Crippen molar-refractivity contribution >= 4 is 22.6 Å². The van der Waals surface area contributed by atoms with Gasteiger partial charge in [-0.05, 0) is 89.9 Å². The summed E-state index contributed by atoms with van der Waals surface area (Å²) < 4.78 is 11.8. The lowest BCUT2D eigenvalue weighted by Crippen LogP contribution is -2.10. The molecule has 4 aromatic rings. The molecule has 2 aliphatic rings. The fourth-order valence-electron chi connectivity index (χ4n) is 5.53. The largest absolute Gasteiger partial charge is 0.485 e. The Morgan fingerprint density at radius 2 is 1.83 bits per heavy atom. The van der Waals surface area contributed by atoms with E-state index in [1.54, 1.807) is 6.20 Å². The summed E-state index contributed by atoms with van der Waals surface area (Å²) in [4.78, 5) is 16.4. The van der Waals surface area contributed by atoms with E-state index in [-0.39, 0.29) is 18.5 Å². The molecule has 36 heavy (non-hydrogen) atoms. The van der Waals surface area contributed by atoms with Gasteiger partial charge in [0.25, 0.3) is 0 Å². The Hall–Kier alpha value is -3.86. The molecule has 1 saturated carbocycles. The van der Waals surface area contributed by atoms with Gasteiger partial charge >= 0.3 is 5.97 Å². The second-order valence-corrected chi connectivity index (χ2v) is 9.74. The summed E-state index contributed by atoms with van der Waals surface area (Å²) in [5.74, 6) is 1.71. The van der Waals surface area contributed by atoms with Crippen molar-refractivity contribution in [3.63, 3.8) is 0 Å². The number of nitrogen functional groups attached to an aromatic ring is 1. The SMILES string of the molecule is CCOC(=O)Cc1ccccc1OC1CCc2c(C3CC3)cc(-c3cccc4c(N)nccc34)cc21. The fourth-order valence-corrected chi connectivity index (χ4v) is 5.53. The molecule has 2 N–H and O–H groups in total. The Bertz CT molecular complexity index is 1460. The second kappa shape index (κ2) is 9.30. The average molecular weight is 479 g/mol. The number of nitrogens with zero attached hydrogens (tertiary/aromatic N) is 1. The van der Waals surface area contributed by atoms with Gasteiger partial charge in [-0.3, -0.25) is 4.79 Å². The Kier molecular flexibility index (Phi) is 5.84. The van der Waals surface area contributed by atoms with Gasteiger partial charge in [0, 0.05) is 17.1 Å². The number of hydrogen-bond acceptors (Lipinski definition) is 5. The number of ether oxygens (including phenoxy) is 2. The van der Waals surface area contributed by atoms with E-state index < -0.39 is 0 Å². The van der Waals surface area contributed by atoms with E-state index in [9.17, 15) is 4.79 Å². The molecule has 1 atom stereocenters. The van der Waals surface area contributed by atoms with Crippen LogP contribution in [-0.4, -0.2) is 17.6 Å². The van der Waals surface area contributed by atoms with Crippen LogP contribution in [0, 0.1) is 0 Å². The molecule has 1 unspecified atom stereocenters. The van der Waals surface area contributed by atoms with Gasteiger partial charge in [0.15, 0.2) is 0 Å². The van der Waals surface area contributed by atoms with Gasteiger partial charge in [0.05, 0.1) is 13.0 Å². The highest BCUT2D eigenvalue weighted by Gasteiger charge is 2.34. The van der Waals surface area contributed by atoms with Crippen LogP contribution < -0.4 is 10.5 Å². The van der Waals surface area contributed by atoms with E-state index in [0.29, 0.717) is 18.3 Å². The summed E-state index contributed by atoms with van der Waals surface area (Å²) in [5, 5.41) is 2.09. The van der Waals surface area contributed by atoms with E-state index in [1.165, 1.54) is 40.7 Å². The number of carbonyl (C=O) groups excluding carboxylic acids is 1. The molecule has 3 aromatic carbocycles. The predicted octanol–water partition coefficient (Wildman–Crippen LogP) is 6.53. The molecule has 0 amide bonds. The molecular weight excluding hydrogens is 448 g/mol. The highest BCUT2D eigenvalue weighted by Crippen LogP contribution is 2.49. The maximum Gasteiger partial charge on any atom is 0.310 e. The Morgan fingerprint density at radius 1 is 1.00 bits per heavy atom. The van der Waals surface area contributed by atoms with Crippen LogP contribution in [0.3, 0.4) is 0 Å². The van der Waals surface area contributed by atoms with Gasteiger partial charge in [-0.15, -0.1) is 0 Å². The number of carbonyl (C=O) groups is 1. The fraction of sp³-hybridized carbons (Fsp3) is 0.290. The minimum Gasteiger partial charge on any atom is -0.485 e. The topological polar surface area (TPSA) is 74.4 Å². The summed E-state index contributed by atoms with van der Waals surface area (Å²) in [6.45, 7) is 2.20. The molecule has 5 nitrogen and oxygen atoms in total. The van der Waals surface area contributed by atoms with Crippen LogP contribution in [0.1, 0.15) is 60.5 Å². The second-order valence-electron chi connectivity index (χ2n) is 9.74. The molecule has 0 spiro atoms. The maximum atomic E-state index is 12.2. The first-order valence-corrected chi connectivity index (χ1v) is 12.8. The van der Waals surface area contributed by atoms with Gasteiger partial charge in [-0.25, -0.2) is 4.98 Å². The summed E-state index contributed by atoms with van der Waals surface area (Å²) in [5.41, 5.74) is 13.6. The highest BCUT2D eigenvalue weighted by molar-refractivity contribution is 6.01. The van der Waals surface area contributed by atoms with E-state index in [2.05, 4.69) is 29.2 Å². The highest BCUT2D eigenvalue weighted by atomic mass is 16.5. The van der Waals surface area contributed by atoms with E-state index >= 15 is 0 Å². The zero-order chi connectivity index (χ0) is 24.6. The third-order valence-corrected chi connectivity index (χ3v) is 7.37. The summed E-state index contributed by atoms with van der Waals surface area (Å²) in [6.07, 6.45) is 6.37. The van der Waals surface area contributed by atoms with Crippen molar-refractivity contribution in [1.29, 1.82) is 0 Å². The summed E-state index contributed by atoms with van der Waals surface area (Å²) >= 11 is 0. The molecule has 0 radical (unpaired) electrons. The monoisotopic (exact) mass is 478 g/mol. The van der Waals surface area contributed by atoms with Crippen molar-refractivity contribution < 1.29 is 14.3 Å². The van der Waals surface area contributed by atoms with Crippen LogP contribution in [0.15, 0.2) is 66.9 Å². The lowest BCUT2D eigenvalue weighted by atomic mass is 9.91. The molecule has 0 aliphatic heterocycles. The van der Waals surface area contributed by atoms with Crippen molar-refractivity contribution in [2.45, 2.75) is 51.0 Å². The number of aromatic nitrogens is 1. The van der Waals surface area contributed by atoms with Gasteiger partial charge < -0.3 is 15.2 Å². The van der Waals surface area contributed by atoms with Crippen LogP contribution in [0.25, 0.3) is 21.9 Å². The van der Waals surface area contributed by atoms with Gasteiger partial charge in [0.2, 0.25) is 0 Å². The number of esters is 1. The van der Waals surface area contributed by atoms with Crippen molar-refractivity contribution in [2.24, 2.45) is 0 Å². The third kappa shape index (κ3) is 4.19. The smallest absolute Gasteiger partial charge is 0.310 e. The van der Waals surface area contributed by atoms with Crippen LogP contribution in [0.5, 0.6) is 5.75 Å². The van der Waals surface area contributed by atoms with Crippen LogP contribution in [0.4, 0.5) is 5.82 Å². The number of para-hydroxylation sites is 1. The number of anilines is 1. The molecule has 5 heteroatoms. The number of rotatable bonds is 7. The number of hydrogen-bond donors (Lipinski definition) is 1. The molecule has 0 saturated heterocycles. The van der Waals surface area contributed by atoms with E-state index in [1.807, 2.05) is 43.3 Å². The Labute approximate surface area is 211 Å². The van der Waals surface area contributed by atoms with E-state index in [4.69, 9.17) is 15.2 Å². The van der Waals surface area contributed by atoms with Crippen molar-refractivity contribution in [3.05, 3.63) is 89.1 Å². The Morgan fingerprint density at radius 3 is 2.67 bits per heavy atom. The van der Waals surface area contributed by atoms with E-state index in [0.717, 1.165) is 34.9 Å². The lowest BCUT2D eigenvalue weighted by Gasteiger charge is -2.20.